The first-order valence-corrected chi connectivity index (χ1v) is 9.45. The molecule has 3 aliphatic heterocycles. The highest BCUT2D eigenvalue weighted by Crippen LogP contribution is 2.56. The molecule has 0 aromatic carbocycles. The molecule has 0 radical (unpaired) electrons. The minimum Gasteiger partial charge on any atom is -0.465 e. The Morgan fingerprint density at radius 3 is 1.74 bits per heavy atom. The molecule has 8 nitrogen and oxygen atoms in total. The first-order valence-electron chi connectivity index (χ1n) is 5.42. The van der Waals surface area contributed by atoms with Crippen molar-refractivity contribution in [1.82, 2.24) is 0 Å². The van der Waals surface area contributed by atoms with Crippen LogP contribution < -0.4 is 0 Å². The second kappa shape index (κ2) is 7.56. The lowest BCUT2D eigenvalue weighted by molar-refractivity contribution is -0.157. The van der Waals surface area contributed by atoms with Crippen molar-refractivity contribution in [2.45, 2.75) is 12.8 Å². The standard InChI is InChI=1S/C3H6O3S.C3H4O2.C2H4ClO3P/c4-7(5)3-1-2-6-7;4-3-1-2-5-3;3-7(4)5-1-2-6-7/h1-3H2;1-2H2;1-2H2. The fraction of sp³-hybridized carbons (Fsp3) is 0.875. The summed E-state index contributed by atoms with van der Waals surface area (Å²) in [5, 5.41) is 0. The third-order valence-electron chi connectivity index (χ3n) is 1.95. The molecule has 0 bridgehead atoms. The molecule has 0 aromatic heterocycles. The van der Waals surface area contributed by atoms with Crippen molar-refractivity contribution in [3.05, 3.63) is 0 Å². The van der Waals surface area contributed by atoms with Gasteiger partial charge in [0.15, 0.2) is 0 Å². The summed E-state index contributed by atoms with van der Waals surface area (Å²) >= 11 is 5.08. The SMILES string of the molecule is O=C1CCO1.O=P1(Cl)OCCO1.O=S1(=O)CCCO1. The summed E-state index contributed by atoms with van der Waals surface area (Å²) in [5.74, 6) is 0.137. The number of hydrogen-bond donors (Lipinski definition) is 0. The highest BCUT2D eigenvalue weighted by atomic mass is 35.7. The van der Waals surface area contributed by atoms with E-state index in [-0.39, 0.29) is 11.7 Å². The largest absolute Gasteiger partial charge is 0.465 e. The van der Waals surface area contributed by atoms with Gasteiger partial charge in [-0.3, -0.25) is 18.0 Å². The van der Waals surface area contributed by atoms with Gasteiger partial charge in [-0.2, -0.15) is 8.42 Å². The Kier molecular flexibility index (Phi) is 6.72. The van der Waals surface area contributed by atoms with Crippen molar-refractivity contribution >= 4 is 34.3 Å². The Bertz CT molecular complexity index is 422. The Morgan fingerprint density at radius 2 is 1.63 bits per heavy atom. The summed E-state index contributed by atoms with van der Waals surface area (Å²) in [4.78, 5) is 9.68. The minimum atomic E-state index is -3.07. The van der Waals surface area contributed by atoms with Gasteiger partial charge in [0.05, 0.1) is 32.0 Å². The van der Waals surface area contributed by atoms with Gasteiger partial charge in [0.2, 0.25) is 0 Å². The van der Waals surface area contributed by atoms with Crippen LogP contribution in [0, 0.1) is 0 Å². The van der Waals surface area contributed by atoms with Crippen LogP contribution >= 0.6 is 18.2 Å². The molecule has 0 saturated carbocycles. The molecule has 3 saturated heterocycles. The van der Waals surface area contributed by atoms with E-state index in [1.54, 1.807) is 0 Å². The first kappa shape index (κ1) is 16.9. The van der Waals surface area contributed by atoms with Gasteiger partial charge in [0.1, 0.15) is 6.61 Å². The van der Waals surface area contributed by atoms with Gasteiger partial charge < -0.3 is 4.74 Å². The lowest BCUT2D eigenvalue weighted by Gasteiger charge is -2.09. The van der Waals surface area contributed by atoms with Gasteiger partial charge in [-0.25, -0.2) is 4.57 Å². The van der Waals surface area contributed by atoms with E-state index in [2.05, 4.69) is 18.0 Å². The number of halogens is 1. The second-order valence-electron chi connectivity index (χ2n) is 3.50. The van der Waals surface area contributed by atoms with Crippen molar-refractivity contribution in [2.75, 3.05) is 32.2 Å². The van der Waals surface area contributed by atoms with Crippen LogP contribution in [0.15, 0.2) is 0 Å². The number of ether oxygens (including phenoxy) is 1. The summed E-state index contributed by atoms with van der Waals surface area (Å²) in [7, 11) is -3.05. The summed E-state index contributed by atoms with van der Waals surface area (Å²) in [6.07, 6.45) is 1.28. The van der Waals surface area contributed by atoms with Gasteiger partial charge in [0.25, 0.3) is 10.1 Å². The van der Waals surface area contributed by atoms with E-state index in [1.807, 2.05) is 0 Å². The van der Waals surface area contributed by atoms with Crippen LogP contribution in [-0.4, -0.2) is 46.6 Å². The number of carbonyl (C=O) groups excluding carboxylic acids is 1. The van der Waals surface area contributed by atoms with Gasteiger partial charge in [0, 0.05) is 11.2 Å². The van der Waals surface area contributed by atoms with Gasteiger partial charge in [-0.05, 0) is 6.42 Å². The van der Waals surface area contributed by atoms with E-state index >= 15 is 0 Å². The summed E-state index contributed by atoms with van der Waals surface area (Å²) in [5.41, 5.74) is 0. The van der Waals surface area contributed by atoms with Crippen molar-refractivity contribution in [3.63, 3.8) is 0 Å². The summed E-state index contributed by atoms with van der Waals surface area (Å²) < 4.78 is 48.2. The number of rotatable bonds is 0. The van der Waals surface area contributed by atoms with Crippen molar-refractivity contribution in [3.8, 4) is 0 Å². The molecule has 0 N–H and O–H groups in total. The Hall–Kier alpha value is -0.180. The monoisotopic (exact) mass is 336 g/mol. The Balaban J connectivity index is 0.000000145. The molecule has 0 atom stereocenters. The number of cyclic esters (lactones) is 1. The molecule has 0 amide bonds. The molecule has 3 rings (SSSR count). The van der Waals surface area contributed by atoms with Crippen molar-refractivity contribution in [1.29, 1.82) is 0 Å². The van der Waals surface area contributed by atoms with Crippen LogP contribution in [0.5, 0.6) is 0 Å². The third-order valence-corrected chi connectivity index (χ3v) is 4.83. The Morgan fingerprint density at radius 1 is 1.11 bits per heavy atom. The average molecular weight is 337 g/mol. The lowest BCUT2D eigenvalue weighted by Crippen LogP contribution is -2.18. The maximum Gasteiger partial charge on any atom is 0.424 e. The molecule has 0 spiro atoms. The highest BCUT2D eigenvalue weighted by Gasteiger charge is 2.26. The van der Waals surface area contributed by atoms with E-state index in [9.17, 15) is 17.8 Å². The predicted octanol–water partition coefficient (Wildman–Crippen LogP) is 1.05. The molecule has 11 heteroatoms. The van der Waals surface area contributed by atoms with E-state index in [4.69, 9.17) is 11.2 Å². The molecule has 112 valence electrons. The predicted molar refractivity (Wildman–Crippen MR) is 65.3 cm³/mol. The fourth-order valence-electron chi connectivity index (χ4n) is 0.996. The van der Waals surface area contributed by atoms with Crippen LogP contribution in [0.2, 0.25) is 0 Å². The van der Waals surface area contributed by atoms with Crippen LogP contribution in [0.3, 0.4) is 0 Å². The quantitative estimate of drug-likeness (QED) is 0.367. The zero-order chi connectivity index (χ0) is 14.4. The molecule has 3 fully saturated rings. The molecule has 3 aliphatic rings. The van der Waals surface area contributed by atoms with E-state index < -0.39 is 17.1 Å². The topological polar surface area (TPSA) is 105 Å². The highest BCUT2D eigenvalue weighted by molar-refractivity contribution is 7.86. The number of carbonyl (C=O) groups is 1. The molecule has 3 heterocycles. The molecular weight excluding hydrogens is 323 g/mol. The van der Waals surface area contributed by atoms with Crippen LogP contribution in [-0.2, 0) is 37.4 Å². The fourth-order valence-corrected chi connectivity index (χ4v) is 3.03. The molecule has 0 unspecified atom stereocenters. The summed E-state index contributed by atoms with van der Waals surface area (Å²) in [6, 6.07) is 0. The van der Waals surface area contributed by atoms with E-state index in [0.717, 1.165) is 0 Å². The smallest absolute Gasteiger partial charge is 0.424 e. The second-order valence-corrected chi connectivity index (χ2v) is 7.88. The third kappa shape index (κ3) is 7.86. The number of hydrogen-bond acceptors (Lipinski definition) is 8. The van der Waals surface area contributed by atoms with Gasteiger partial charge in [-0.15, -0.1) is 0 Å². The maximum atomic E-state index is 10.3. The zero-order valence-electron chi connectivity index (χ0n) is 9.95. The Labute approximate surface area is 115 Å². The van der Waals surface area contributed by atoms with Crippen molar-refractivity contribution < 1.29 is 35.7 Å². The lowest BCUT2D eigenvalue weighted by atomic mass is 10.4. The van der Waals surface area contributed by atoms with E-state index in [1.165, 1.54) is 0 Å². The van der Waals surface area contributed by atoms with Gasteiger partial charge in [-0.1, -0.05) is 0 Å². The zero-order valence-corrected chi connectivity index (χ0v) is 12.4. The number of esters is 1. The van der Waals surface area contributed by atoms with Crippen molar-refractivity contribution in [2.24, 2.45) is 0 Å². The van der Waals surface area contributed by atoms with Crippen LogP contribution in [0.4, 0.5) is 0 Å². The molecular formula is C8H14ClO8PS. The van der Waals surface area contributed by atoms with Crippen LogP contribution in [0.1, 0.15) is 12.8 Å². The van der Waals surface area contributed by atoms with E-state index in [0.29, 0.717) is 39.3 Å². The van der Waals surface area contributed by atoms with Crippen LogP contribution in [0.25, 0.3) is 0 Å². The first-order chi connectivity index (χ1) is 8.81. The molecule has 0 aliphatic carbocycles. The maximum absolute atomic E-state index is 10.3. The normalized spacial score (nSPS) is 26.1. The molecule has 0 aromatic rings. The van der Waals surface area contributed by atoms with Gasteiger partial charge >= 0.3 is 12.9 Å². The molecule has 19 heavy (non-hydrogen) atoms. The average Bonchev–Trinajstić information content (AvgIpc) is 2.85. The minimum absolute atomic E-state index is 0.0648. The summed E-state index contributed by atoms with van der Waals surface area (Å²) in [6.45, 7) is -1.36.